The molecule has 0 atom stereocenters. The highest BCUT2D eigenvalue weighted by atomic mass is 35.5. The maximum absolute atomic E-state index is 12.8. The van der Waals surface area contributed by atoms with Crippen LogP contribution >= 0.6 is 11.6 Å². The van der Waals surface area contributed by atoms with Crippen molar-refractivity contribution in [2.24, 2.45) is 0 Å². The number of halogens is 1. The van der Waals surface area contributed by atoms with Gasteiger partial charge in [-0.2, -0.15) is 0 Å². The van der Waals surface area contributed by atoms with E-state index in [0.29, 0.717) is 10.7 Å². The Labute approximate surface area is 152 Å². The quantitative estimate of drug-likeness (QED) is 0.691. The molecule has 2 N–H and O–H groups in total. The monoisotopic (exact) mass is 374 g/mol. The molecule has 25 heavy (non-hydrogen) atoms. The van der Waals surface area contributed by atoms with Gasteiger partial charge in [0.05, 0.1) is 10.6 Å². The second-order valence-corrected chi connectivity index (χ2v) is 8.68. The zero-order valence-corrected chi connectivity index (χ0v) is 15.5. The number of hydrogen-bond donors (Lipinski definition) is 2. The molecule has 1 aromatic heterocycles. The summed E-state index contributed by atoms with van der Waals surface area (Å²) in [6.45, 7) is 1.85. The lowest BCUT2D eigenvalue weighted by atomic mass is 9.96. The van der Waals surface area contributed by atoms with Crippen molar-refractivity contribution in [3.63, 3.8) is 0 Å². The largest absolute Gasteiger partial charge is 0.358 e. The Balaban J connectivity index is 1.76. The van der Waals surface area contributed by atoms with Crippen molar-refractivity contribution >= 4 is 38.2 Å². The Kier molecular flexibility index (Phi) is 4.01. The third kappa shape index (κ3) is 3.02. The predicted molar refractivity (Wildman–Crippen MR) is 102 cm³/mol. The van der Waals surface area contributed by atoms with E-state index in [9.17, 15) is 8.42 Å². The molecule has 1 aliphatic carbocycles. The van der Waals surface area contributed by atoms with Gasteiger partial charge in [-0.05, 0) is 74.1 Å². The first-order valence-electron chi connectivity index (χ1n) is 8.36. The molecule has 0 spiro atoms. The summed E-state index contributed by atoms with van der Waals surface area (Å²) in [4.78, 5) is 3.70. The van der Waals surface area contributed by atoms with Crippen LogP contribution in [0.25, 0.3) is 10.9 Å². The lowest BCUT2D eigenvalue weighted by Gasteiger charge is -2.12. The SMILES string of the molecule is Cc1ccc(Cl)cc1NS(=O)(=O)c1ccc2[nH]c3c(c2c1)CCCC3. The molecule has 0 aliphatic heterocycles. The third-order valence-corrected chi connectivity index (χ3v) is 6.42. The molecule has 1 heterocycles. The number of H-pyrrole nitrogens is 1. The van der Waals surface area contributed by atoms with Gasteiger partial charge in [0.2, 0.25) is 0 Å². The van der Waals surface area contributed by atoms with Gasteiger partial charge in [-0.1, -0.05) is 17.7 Å². The van der Waals surface area contributed by atoms with Gasteiger partial charge in [0.1, 0.15) is 0 Å². The molecule has 0 fully saturated rings. The number of aryl methyl sites for hydroxylation is 3. The van der Waals surface area contributed by atoms with E-state index in [1.807, 2.05) is 13.0 Å². The zero-order valence-electron chi connectivity index (χ0n) is 13.9. The van der Waals surface area contributed by atoms with E-state index in [0.717, 1.165) is 35.7 Å². The van der Waals surface area contributed by atoms with Crippen LogP contribution in [0.5, 0.6) is 0 Å². The summed E-state index contributed by atoms with van der Waals surface area (Å²) in [5.74, 6) is 0. The first kappa shape index (κ1) is 16.5. The van der Waals surface area contributed by atoms with E-state index in [1.165, 1.54) is 17.7 Å². The van der Waals surface area contributed by atoms with Crippen LogP contribution in [0.2, 0.25) is 5.02 Å². The number of anilines is 1. The van der Waals surface area contributed by atoms with Gasteiger partial charge in [0.25, 0.3) is 10.0 Å². The molecule has 4 rings (SSSR count). The molecule has 2 aromatic carbocycles. The molecule has 0 radical (unpaired) electrons. The Hall–Kier alpha value is -1.98. The van der Waals surface area contributed by atoms with Crippen LogP contribution < -0.4 is 4.72 Å². The molecule has 3 aromatic rings. The molecule has 0 saturated carbocycles. The van der Waals surface area contributed by atoms with Crippen LogP contribution in [0.4, 0.5) is 5.69 Å². The Morgan fingerprint density at radius 1 is 1.08 bits per heavy atom. The molecule has 0 bridgehead atoms. The van der Waals surface area contributed by atoms with Crippen LogP contribution in [0.3, 0.4) is 0 Å². The number of sulfonamides is 1. The average Bonchev–Trinajstić information content (AvgIpc) is 2.96. The fraction of sp³-hybridized carbons (Fsp3) is 0.263. The summed E-state index contributed by atoms with van der Waals surface area (Å²) in [7, 11) is -3.67. The summed E-state index contributed by atoms with van der Waals surface area (Å²) in [5, 5.41) is 1.51. The summed E-state index contributed by atoms with van der Waals surface area (Å²) < 4.78 is 28.3. The number of aromatic amines is 1. The Morgan fingerprint density at radius 2 is 1.88 bits per heavy atom. The van der Waals surface area contributed by atoms with Crippen LogP contribution in [-0.2, 0) is 22.9 Å². The van der Waals surface area contributed by atoms with E-state index < -0.39 is 10.0 Å². The first-order valence-corrected chi connectivity index (χ1v) is 10.2. The fourth-order valence-electron chi connectivity index (χ4n) is 3.46. The smallest absolute Gasteiger partial charge is 0.261 e. The van der Waals surface area contributed by atoms with E-state index in [4.69, 9.17) is 11.6 Å². The van der Waals surface area contributed by atoms with Gasteiger partial charge in [0, 0.05) is 21.6 Å². The van der Waals surface area contributed by atoms with Crippen LogP contribution in [0.15, 0.2) is 41.3 Å². The Morgan fingerprint density at radius 3 is 2.72 bits per heavy atom. The predicted octanol–water partition coefficient (Wildman–Crippen LogP) is 4.81. The maximum Gasteiger partial charge on any atom is 0.261 e. The average molecular weight is 375 g/mol. The summed E-state index contributed by atoms with van der Waals surface area (Å²) >= 11 is 6.00. The zero-order chi connectivity index (χ0) is 17.6. The van der Waals surface area contributed by atoms with Crippen molar-refractivity contribution in [1.29, 1.82) is 0 Å². The van der Waals surface area contributed by atoms with E-state index in [2.05, 4.69) is 9.71 Å². The van der Waals surface area contributed by atoms with Crippen LogP contribution in [-0.4, -0.2) is 13.4 Å². The van der Waals surface area contributed by atoms with Crippen molar-refractivity contribution in [2.75, 3.05) is 4.72 Å². The minimum absolute atomic E-state index is 0.270. The topological polar surface area (TPSA) is 62.0 Å². The maximum atomic E-state index is 12.8. The van der Waals surface area contributed by atoms with Gasteiger partial charge < -0.3 is 4.98 Å². The minimum atomic E-state index is -3.67. The molecule has 0 amide bonds. The van der Waals surface area contributed by atoms with Gasteiger partial charge in [-0.25, -0.2) is 8.42 Å². The van der Waals surface area contributed by atoms with Crippen LogP contribution in [0, 0.1) is 6.92 Å². The molecule has 0 saturated heterocycles. The standard InChI is InChI=1S/C19H19ClN2O2S/c1-12-6-7-13(20)10-19(12)22-25(23,24)14-8-9-18-16(11-14)15-4-2-3-5-17(15)21-18/h6-11,21-22H,2-5H2,1H3. The molecule has 6 heteroatoms. The van der Waals surface area contributed by atoms with Crippen molar-refractivity contribution in [2.45, 2.75) is 37.5 Å². The molecule has 1 aliphatic rings. The highest BCUT2D eigenvalue weighted by Crippen LogP contribution is 2.31. The van der Waals surface area contributed by atoms with Gasteiger partial charge in [-0.15, -0.1) is 0 Å². The second-order valence-electron chi connectivity index (χ2n) is 6.56. The summed E-state index contributed by atoms with van der Waals surface area (Å²) in [6.07, 6.45) is 4.36. The van der Waals surface area contributed by atoms with E-state index >= 15 is 0 Å². The third-order valence-electron chi connectivity index (χ3n) is 4.82. The van der Waals surface area contributed by atoms with E-state index in [1.54, 1.807) is 30.3 Å². The lowest BCUT2D eigenvalue weighted by Crippen LogP contribution is -2.13. The Bertz CT molecular complexity index is 1070. The molecule has 130 valence electrons. The van der Waals surface area contributed by atoms with Crippen molar-refractivity contribution in [3.05, 3.63) is 58.2 Å². The number of fused-ring (bicyclic) bond motifs is 3. The van der Waals surface area contributed by atoms with Crippen molar-refractivity contribution in [3.8, 4) is 0 Å². The van der Waals surface area contributed by atoms with Crippen molar-refractivity contribution < 1.29 is 8.42 Å². The van der Waals surface area contributed by atoms with E-state index in [-0.39, 0.29) is 4.90 Å². The molecular formula is C19H19ClN2O2S. The lowest BCUT2D eigenvalue weighted by molar-refractivity contribution is 0.601. The highest BCUT2D eigenvalue weighted by Gasteiger charge is 2.20. The number of benzene rings is 2. The fourth-order valence-corrected chi connectivity index (χ4v) is 4.78. The molecule has 4 nitrogen and oxygen atoms in total. The number of rotatable bonds is 3. The van der Waals surface area contributed by atoms with Crippen LogP contribution in [0.1, 0.15) is 29.7 Å². The number of aromatic nitrogens is 1. The van der Waals surface area contributed by atoms with Gasteiger partial charge in [0.15, 0.2) is 0 Å². The van der Waals surface area contributed by atoms with Gasteiger partial charge >= 0.3 is 0 Å². The molecular weight excluding hydrogens is 356 g/mol. The first-order chi connectivity index (χ1) is 11.9. The number of nitrogens with one attached hydrogen (secondary N) is 2. The highest BCUT2D eigenvalue weighted by molar-refractivity contribution is 7.92. The number of hydrogen-bond acceptors (Lipinski definition) is 2. The second kappa shape index (κ2) is 6.07. The minimum Gasteiger partial charge on any atom is -0.358 e. The normalized spacial score (nSPS) is 14.5. The summed E-state index contributed by atoms with van der Waals surface area (Å²) in [6, 6.07) is 10.4. The van der Waals surface area contributed by atoms with Crippen molar-refractivity contribution in [1.82, 2.24) is 4.98 Å². The summed E-state index contributed by atoms with van der Waals surface area (Å²) in [5.41, 5.74) is 4.84. The molecule has 0 unspecified atom stereocenters. The van der Waals surface area contributed by atoms with Gasteiger partial charge in [-0.3, -0.25) is 4.72 Å².